The molecule has 0 saturated carbocycles. The van der Waals surface area contributed by atoms with Crippen LogP contribution in [0.2, 0.25) is 5.02 Å². The first-order valence-electron chi connectivity index (χ1n) is 3.28. The average Bonchev–Trinajstić information content (AvgIpc) is 1.99. The van der Waals surface area contributed by atoms with Crippen LogP contribution < -0.4 is 5.73 Å². The van der Waals surface area contributed by atoms with Crippen LogP contribution in [0.4, 0.5) is 4.39 Å². The quantitative estimate of drug-likeness (QED) is 0.717. The van der Waals surface area contributed by atoms with E-state index in [1.165, 1.54) is 6.07 Å². The molecule has 0 fully saturated rings. The van der Waals surface area contributed by atoms with Gasteiger partial charge in [0.2, 0.25) is 5.91 Å². The average molecular weight is 188 g/mol. The minimum absolute atomic E-state index is 0.0278. The minimum Gasteiger partial charge on any atom is -0.366 e. The summed E-state index contributed by atoms with van der Waals surface area (Å²) in [7, 11) is 0. The second kappa shape index (κ2) is 3.11. The number of nitrogens with two attached hydrogens (primary N) is 1. The Morgan fingerprint density at radius 2 is 2.17 bits per heavy atom. The number of carbonyl (C=O) groups excluding carboxylic acids is 1. The Morgan fingerprint density at radius 3 is 2.58 bits per heavy atom. The second-order valence-electron chi connectivity index (χ2n) is 2.45. The fourth-order valence-corrected chi connectivity index (χ4v) is 0.978. The first-order valence-corrected chi connectivity index (χ1v) is 3.65. The summed E-state index contributed by atoms with van der Waals surface area (Å²) in [4.78, 5) is 10.6. The van der Waals surface area contributed by atoms with E-state index in [1.807, 2.05) is 0 Å². The van der Waals surface area contributed by atoms with E-state index in [4.69, 9.17) is 17.3 Å². The maximum atomic E-state index is 12.9. The normalized spacial score (nSPS) is 9.92. The second-order valence-corrected chi connectivity index (χ2v) is 2.83. The lowest BCUT2D eigenvalue weighted by atomic mass is 10.1. The highest BCUT2D eigenvalue weighted by Gasteiger charge is 2.08. The predicted octanol–water partition coefficient (Wildman–Crippen LogP) is 1.89. The topological polar surface area (TPSA) is 43.1 Å². The van der Waals surface area contributed by atoms with Gasteiger partial charge in [-0.1, -0.05) is 11.6 Å². The number of carbonyl (C=O) groups is 1. The van der Waals surface area contributed by atoms with E-state index >= 15 is 0 Å². The lowest BCUT2D eigenvalue weighted by molar-refractivity contribution is 0.1000. The molecule has 1 rings (SSSR count). The van der Waals surface area contributed by atoms with E-state index in [0.717, 1.165) is 6.07 Å². The van der Waals surface area contributed by atoms with Gasteiger partial charge in [-0.25, -0.2) is 4.39 Å². The zero-order valence-electron chi connectivity index (χ0n) is 6.40. The number of hydrogen-bond donors (Lipinski definition) is 1. The number of primary amides is 1. The molecular weight excluding hydrogens is 181 g/mol. The molecule has 0 aromatic heterocycles. The summed E-state index contributed by atoms with van der Waals surface area (Å²) in [6, 6.07) is 2.48. The molecule has 0 aliphatic heterocycles. The van der Waals surface area contributed by atoms with Crippen molar-refractivity contribution in [3.63, 3.8) is 0 Å². The van der Waals surface area contributed by atoms with E-state index in [9.17, 15) is 9.18 Å². The van der Waals surface area contributed by atoms with Crippen molar-refractivity contribution in [3.05, 3.63) is 34.1 Å². The summed E-state index contributed by atoms with van der Waals surface area (Å²) in [5.41, 5.74) is 5.59. The Balaban J connectivity index is 3.31. The molecule has 0 saturated heterocycles. The van der Waals surface area contributed by atoms with Crippen molar-refractivity contribution in [2.75, 3.05) is 0 Å². The Hall–Kier alpha value is -1.09. The standard InChI is InChI=1S/C8H7ClFNO/c1-4-2-5(8(11)12)3-6(10)7(4)9/h2-3H,1H3,(H2,11,12). The maximum Gasteiger partial charge on any atom is 0.248 e. The number of amides is 1. The van der Waals surface area contributed by atoms with E-state index in [0.29, 0.717) is 5.56 Å². The Bertz CT molecular complexity index is 315. The van der Waals surface area contributed by atoms with Crippen LogP contribution in [0.15, 0.2) is 12.1 Å². The van der Waals surface area contributed by atoms with Crippen molar-refractivity contribution in [1.29, 1.82) is 0 Å². The number of halogens is 2. The molecule has 0 radical (unpaired) electrons. The zero-order valence-corrected chi connectivity index (χ0v) is 7.15. The largest absolute Gasteiger partial charge is 0.366 e. The molecule has 0 bridgehead atoms. The van der Waals surface area contributed by atoms with Gasteiger partial charge in [0.15, 0.2) is 0 Å². The molecule has 12 heavy (non-hydrogen) atoms. The number of benzene rings is 1. The zero-order chi connectivity index (χ0) is 9.30. The Kier molecular flexibility index (Phi) is 2.33. The van der Waals surface area contributed by atoms with Crippen LogP contribution in [0.3, 0.4) is 0 Å². The molecule has 0 heterocycles. The van der Waals surface area contributed by atoms with Crippen LogP contribution in [-0.4, -0.2) is 5.91 Å². The fourth-order valence-electron chi connectivity index (χ4n) is 0.869. The SMILES string of the molecule is Cc1cc(C(N)=O)cc(F)c1Cl. The summed E-state index contributed by atoms with van der Waals surface area (Å²) >= 11 is 5.53. The Morgan fingerprint density at radius 1 is 1.58 bits per heavy atom. The van der Waals surface area contributed by atoms with E-state index < -0.39 is 11.7 Å². The maximum absolute atomic E-state index is 12.9. The van der Waals surface area contributed by atoms with Crippen molar-refractivity contribution >= 4 is 17.5 Å². The number of rotatable bonds is 1. The third-order valence-electron chi connectivity index (χ3n) is 1.49. The summed E-state index contributed by atoms with van der Waals surface area (Å²) in [5, 5.41) is 0.0278. The van der Waals surface area contributed by atoms with Crippen molar-refractivity contribution < 1.29 is 9.18 Å². The lowest BCUT2D eigenvalue weighted by Crippen LogP contribution is -2.11. The molecule has 0 atom stereocenters. The van der Waals surface area contributed by atoms with E-state index in [2.05, 4.69) is 0 Å². The van der Waals surface area contributed by atoms with Gasteiger partial charge in [0, 0.05) is 5.56 Å². The van der Waals surface area contributed by atoms with Crippen LogP contribution in [0.5, 0.6) is 0 Å². The van der Waals surface area contributed by atoms with Crippen molar-refractivity contribution in [2.24, 2.45) is 5.73 Å². The molecule has 1 aromatic carbocycles. The van der Waals surface area contributed by atoms with Gasteiger partial charge in [0.1, 0.15) is 5.82 Å². The summed E-state index contributed by atoms with van der Waals surface area (Å²) in [5.74, 6) is -1.28. The molecule has 1 aromatic rings. The van der Waals surface area contributed by atoms with Gasteiger partial charge in [0.05, 0.1) is 5.02 Å². The summed E-state index contributed by atoms with van der Waals surface area (Å²) in [6.07, 6.45) is 0. The van der Waals surface area contributed by atoms with Crippen LogP contribution >= 0.6 is 11.6 Å². The van der Waals surface area contributed by atoms with Gasteiger partial charge < -0.3 is 5.73 Å². The Labute approximate surface area is 74.1 Å². The summed E-state index contributed by atoms with van der Waals surface area (Å²) < 4.78 is 12.9. The smallest absolute Gasteiger partial charge is 0.248 e. The van der Waals surface area contributed by atoms with Gasteiger partial charge in [-0.15, -0.1) is 0 Å². The van der Waals surface area contributed by atoms with Gasteiger partial charge in [0.25, 0.3) is 0 Å². The molecule has 1 amide bonds. The van der Waals surface area contributed by atoms with Gasteiger partial charge in [-0.05, 0) is 24.6 Å². The third-order valence-corrected chi connectivity index (χ3v) is 1.97. The molecule has 4 heteroatoms. The van der Waals surface area contributed by atoms with E-state index in [1.54, 1.807) is 6.92 Å². The van der Waals surface area contributed by atoms with E-state index in [-0.39, 0.29) is 10.6 Å². The van der Waals surface area contributed by atoms with Crippen molar-refractivity contribution in [1.82, 2.24) is 0 Å². The van der Waals surface area contributed by atoms with Gasteiger partial charge in [-0.2, -0.15) is 0 Å². The third kappa shape index (κ3) is 1.56. The number of aryl methyl sites for hydroxylation is 1. The molecule has 2 N–H and O–H groups in total. The molecule has 0 aliphatic carbocycles. The van der Waals surface area contributed by atoms with Crippen LogP contribution in [-0.2, 0) is 0 Å². The minimum atomic E-state index is -0.659. The molecule has 0 aliphatic rings. The van der Waals surface area contributed by atoms with Crippen LogP contribution in [0.1, 0.15) is 15.9 Å². The highest BCUT2D eigenvalue weighted by atomic mass is 35.5. The lowest BCUT2D eigenvalue weighted by Gasteiger charge is -2.01. The van der Waals surface area contributed by atoms with Crippen LogP contribution in [0, 0.1) is 12.7 Å². The van der Waals surface area contributed by atoms with Gasteiger partial charge >= 0.3 is 0 Å². The van der Waals surface area contributed by atoms with Gasteiger partial charge in [-0.3, -0.25) is 4.79 Å². The highest BCUT2D eigenvalue weighted by molar-refractivity contribution is 6.31. The predicted molar refractivity (Wildman–Crippen MR) is 44.7 cm³/mol. The van der Waals surface area contributed by atoms with Crippen molar-refractivity contribution in [2.45, 2.75) is 6.92 Å². The molecular formula is C8H7ClFNO. The molecule has 64 valence electrons. The highest BCUT2D eigenvalue weighted by Crippen LogP contribution is 2.20. The van der Waals surface area contributed by atoms with Crippen LogP contribution in [0.25, 0.3) is 0 Å². The molecule has 0 unspecified atom stereocenters. The fraction of sp³-hybridized carbons (Fsp3) is 0.125. The van der Waals surface area contributed by atoms with Crippen molar-refractivity contribution in [3.8, 4) is 0 Å². The first-order chi connectivity index (χ1) is 5.52. The molecule has 2 nitrogen and oxygen atoms in total. The first kappa shape index (κ1) is 9.00. The summed E-state index contributed by atoms with van der Waals surface area (Å²) in [6.45, 7) is 1.61. The number of hydrogen-bond acceptors (Lipinski definition) is 1. The monoisotopic (exact) mass is 187 g/mol. The molecule has 0 spiro atoms.